The van der Waals surface area contributed by atoms with E-state index in [-0.39, 0.29) is 0 Å². The Hall–Kier alpha value is -1.87. The summed E-state index contributed by atoms with van der Waals surface area (Å²) in [4.78, 5) is 4.50. The first-order chi connectivity index (χ1) is 10.3. The van der Waals surface area contributed by atoms with Crippen LogP contribution in [0.4, 0.5) is 0 Å². The van der Waals surface area contributed by atoms with E-state index in [1.54, 1.807) is 0 Å². The zero-order valence-electron chi connectivity index (χ0n) is 12.7. The number of benzene rings is 1. The van der Waals surface area contributed by atoms with Crippen molar-refractivity contribution in [2.75, 3.05) is 13.2 Å². The van der Waals surface area contributed by atoms with E-state index in [1.165, 1.54) is 5.56 Å². The summed E-state index contributed by atoms with van der Waals surface area (Å²) in [5, 5.41) is 0. The lowest BCUT2D eigenvalue weighted by Gasteiger charge is -2.11. The van der Waals surface area contributed by atoms with Crippen molar-refractivity contribution >= 4 is 0 Å². The predicted molar refractivity (Wildman–Crippen MR) is 86.6 cm³/mol. The van der Waals surface area contributed by atoms with Gasteiger partial charge in [0, 0.05) is 12.1 Å². The molecule has 3 heteroatoms. The second kappa shape index (κ2) is 8.42. The summed E-state index contributed by atoms with van der Waals surface area (Å²) in [6, 6.07) is 14.6. The van der Waals surface area contributed by atoms with Crippen LogP contribution >= 0.6 is 0 Å². The highest BCUT2D eigenvalue weighted by Gasteiger charge is 2.05. The molecular formula is C18H24N2O. The molecule has 2 aromatic rings. The van der Waals surface area contributed by atoms with E-state index in [9.17, 15) is 0 Å². The van der Waals surface area contributed by atoms with Crippen molar-refractivity contribution in [3.8, 4) is 5.75 Å². The SMILES string of the molecule is Cc1ccc(OCCCCc2ccccc2)c(CCN)n1. The van der Waals surface area contributed by atoms with Crippen LogP contribution in [0, 0.1) is 6.92 Å². The average molecular weight is 284 g/mol. The molecule has 0 atom stereocenters. The van der Waals surface area contributed by atoms with Gasteiger partial charge in [-0.2, -0.15) is 0 Å². The second-order valence-electron chi connectivity index (χ2n) is 5.23. The molecule has 0 radical (unpaired) electrons. The molecule has 3 nitrogen and oxygen atoms in total. The van der Waals surface area contributed by atoms with E-state index in [0.717, 1.165) is 49.4 Å². The number of ether oxygens (including phenoxy) is 1. The normalized spacial score (nSPS) is 10.6. The van der Waals surface area contributed by atoms with E-state index >= 15 is 0 Å². The molecule has 0 bridgehead atoms. The van der Waals surface area contributed by atoms with Crippen LogP contribution in [-0.2, 0) is 12.8 Å². The molecule has 0 unspecified atom stereocenters. The van der Waals surface area contributed by atoms with Gasteiger partial charge in [0.15, 0.2) is 0 Å². The van der Waals surface area contributed by atoms with Gasteiger partial charge in [0.2, 0.25) is 0 Å². The van der Waals surface area contributed by atoms with Gasteiger partial charge in [-0.1, -0.05) is 30.3 Å². The van der Waals surface area contributed by atoms with Crippen LogP contribution in [0.3, 0.4) is 0 Å². The van der Waals surface area contributed by atoms with Gasteiger partial charge in [-0.3, -0.25) is 4.98 Å². The minimum atomic E-state index is 0.598. The monoisotopic (exact) mass is 284 g/mol. The Kier molecular flexibility index (Phi) is 6.22. The summed E-state index contributed by atoms with van der Waals surface area (Å²) < 4.78 is 5.86. The second-order valence-corrected chi connectivity index (χ2v) is 5.23. The third-order valence-electron chi connectivity index (χ3n) is 3.41. The maximum absolute atomic E-state index is 5.86. The van der Waals surface area contributed by atoms with Gasteiger partial charge in [0.25, 0.3) is 0 Å². The molecule has 0 aliphatic carbocycles. The van der Waals surface area contributed by atoms with Crippen molar-refractivity contribution in [1.29, 1.82) is 0 Å². The Labute approximate surface area is 127 Å². The molecular weight excluding hydrogens is 260 g/mol. The van der Waals surface area contributed by atoms with Crippen molar-refractivity contribution in [2.45, 2.75) is 32.6 Å². The van der Waals surface area contributed by atoms with E-state index in [4.69, 9.17) is 10.5 Å². The molecule has 0 aliphatic heterocycles. The zero-order valence-corrected chi connectivity index (χ0v) is 12.7. The molecule has 0 aliphatic rings. The van der Waals surface area contributed by atoms with Gasteiger partial charge in [-0.15, -0.1) is 0 Å². The van der Waals surface area contributed by atoms with E-state index in [0.29, 0.717) is 6.54 Å². The number of nitrogens with two attached hydrogens (primary N) is 1. The van der Waals surface area contributed by atoms with Crippen LogP contribution in [-0.4, -0.2) is 18.1 Å². The number of nitrogens with zero attached hydrogens (tertiary/aromatic N) is 1. The van der Waals surface area contributed by atoms with Crippen molar-refractivity contribution in [3.05, 3.63) is 59.4 Å². The molecule has 1 aromatic heterocycles. The topological polar surface area (TPSA) is 48.1 Å². The van der Waals surface area contributed by atoms with Crippen molar-refractivity contribution < 1.29 is 4.74 Å². The molecule has 1 heterocycles. The lowest BCUT2D eigenvalue weighted by Crippen LogP contribution is -2.08. The molecule has 112 valence electrons. The summed E-state index contributed by atoms with van der Waals surface area (Å²) in [6.07, 6.45) is 4.05. The van der Waals surface area contributed by atoms with Crippen LogP contribution in [0.1, 0.15) is 29.8 Å². The van der Waals surface area contributed by atoms with Gasteiger partial charge in [0.1, 0.15) is 5.75 Å². The molecule has 0 saturated heterocycles. The summed E-state index contributed by atoms with van der Waals surface area (Å²) >= 11 is 0. The van der Waals surface area contributed by atoms with E-state index < -0.39 is 0 Å². The number of hydrogen-bond donors (Lipinski definition) is 1. The molecule has 0 fully saturated rings. The van der Waals surface area contributed by atoms with Crippen molar-refractivity contribution in [2.24, 2.45) is 5.73 Å². The van der Waals surface area contributed by atoms with Gasteiger partial charge in [-0.05, 0) is 50.4 Å². The van der Waals surface area contributed by atoms with E-state index in [2.05, 4.69) is 35.3 Å². The van der Waals surface area contributed by atoms with E-state index in [1.807, 2.05) is 19.1 Å². The highest BCUT2D eigenvalue weighted by molar-refractivity contribution is 5.29. The summed E-state index contributed by atoms with van der Waals surface area (Å²) in [7, 11) is 0. The van der Waals surface area contributed by atoms with Gasteiger partial charge in [-0.25, -0.2) is 0 Å². The predicted octanol–water partition coefficient (Wildman–Crippen LogP) is 3.29. The Bertz CT molecular complexity index is 540. The van der Waals surface area contributed by atoms with Crippen molar-refractivity contribution in [3.63, 3.8) is 0 Å². The summed E-state index contributed by atoms with van der Waals surface area (Å²) in [6.45, 7) is 3.32. The Morgan fingerprint density at radius 3 is 2.57 bits per heavy atom. The molecule has 2 N–H and O–H groups in total. The smallest absolute Gasteiger partial charge is 0.140 e. The summed E-state index contributed by atoms with van der Waals surface area (Å²) in [5.74, 6) is 0.880. The van der Waals surface area contributed by atoms with Crippen LogP contribution < -0.4 is 10.5 Å². The number of pyridine rings is 1. The van der Waals surface area contributed by atoms with Gasteiger partial charge >= 0.3 is 0 Å². The lowest BCUT2D eigenvalue weighted by molar-refractivity contribution is 0.302. The highest BCUT2D eigenvalue weighted by atomic mass is 16.5. The van der Waals surface area contributed by atoms with Crippen LogP contribution in [0.5, 0.6) is 5.75 Å². The van der Waals surface area contributed by atoms with Crippen molar-refractivity contribution in [1.82, 2.24) is 4.98 Å². The van der Waals surface area contributed by atoms with Gasteiger partial charge in [0.05, 0.1) is 12.3 Å². The lowest BCUT2D eigenvalue weighted by atomic mass is 10.1. The fraction of sp³-hybridized carbons (Fsp3) is 0.389. The third kappa shape index (κ3) is 5.20. The third-order valence-corrected chi connectivity index (χ3v) is 3.41. The minimum absolute atomic E-state index is 0.598. The maximum Gasteiger partial charge on any atom is 0.140 e. The van der Waals surface area contributed by atoms with Crippen LogP contribution in [0.15, 0.2) is 42.5 Å². The molecule has 1 aromatic carbocycles. The van der Waals surface area contributed by atoms with Crippen LogP contribution in [0.2, 0.25) is 0 Å². The minimum Gasteiger partial charge on any atom is -0.492 e. The molecule has 21 heavy (non-hydrogen) atoms. The molecule has 2 rings (SSSR count). The van der Waals surface area contributed by atoms with Gasteiger partial charge < -0.3 is 10.5 Å². The number of aromatic nitrogens is 1. The van der Waals surface area contributed by atoms with Crippen LogP contribution in [0.25, 0.3) is 0 Å². The Balaban J connectivity index is 1.75. The first-order valence-electron chi connectivity index (χ1n) is 7.63. The molecule has 0 spiro atoms. The molecule has 0 amide bonds. The Morgan fingerprint density at radius 1 is 1.00 bits per heavy atom. The largest absolute Gasteiger partial charge is 0.492 e. The first kappa shape index (κ1) is 15.5. The fourth-order valence-electron chi connectivity index (χ4n) is 2.30. The highest BCUT2D eigenvalue weighted by Crippen LogP contribution is 2.18. The average Bonchev–Trinajstić information content (AvgIpc) is 2.50. The number of aryl methyl sites for hydroxylation is 2. The maximum atomic E-state index is 5.86. The number of rotatable bonds is 8. The zero-order chi connectivity index (χ0) is 14.9. The standard InChI is InChI=1S/C18H24N2O/c1-15-10-11-18(17(20-15)12-13-19)21-14-6-5-9-16-7-3-2-4-8-16/h2-4,7-8,10-11H,5-6,9,12-14,19H2,1H3. The molecule has 0 saturated carbocycles. The fourth-order valence-corrected chi connectivity index (χ4v) is 2.30. The summed E-state index contributed by atoms with van der Waals surface area (Å²) in [5.41, 5.74) is 8.99. The number of hydrogen-bond acceptors (Lipinski definition) is 3. The quantitative estimate of drug-likeness (QED) is 0.757. The Morgan fingerprint density at radius 2 is 1.81 bits per heavy atom. The first-order valence-corrected chi connectivity index (χ1v) is 7.63. The number of unbranched alkanes of at least 4 members (excludes halogenated alkanes) is 1.